The van der Waals surface area contributed by atoms with E-state index in [1.165, 1.54) is 6.20 Å². The van der Waals surface area contributed by atoms with Gasteiger partial charge in [0.25, 0.3) is 5.56 Å². The minimum Gasteiger partial charge on any atom is -0.491 e. The Balaban J connectivity index is 1.54. The maximum absolute atomic E-state index is 11.8. The first kappa shape index (κ1) is 17.6. The maximum Gasteiger partial charge on any atom is 0.325 e. The van der Waals surface area contributed by atoms with Crippen molar-refractivity contribution in [1.29, 1.82) is 0 Å². The molecule has 0 radical (unpaired) electrons. The molecule has 0 fully saturated rings. The van der Waals surface area contributed by atoms with Crippen molar-refractivity contribution in [2.45, 2.75) is 18.9 Å². The highest BCUT2D eigenvalue weighted by atomic mass is 16.5. The first-order valence-corrected chi connectivity index (χ1v) is 8.24. The van der Waals surface area contributed by atoms with Crippen LogP contribution >= 0.6 is 0 Å². The topological polar surface area (TPSA) is 108 Å². The van der Waals surface area contributed by atoms with Gasteiger partial charge in [-0.25, -0.2) is 4.79 Å². The number of nitrogens with one attached hydrogen (secondary N) is 2. The van der Waals surface area contributed by atoms with Gasteiger partial charge < -0.3 is 14.8 Å². The Hall–Kier alpha value is -3.19. The Bertz CT molecular complexity index is 949. The number of nitrogens with zero attached hydrogens (tertiary/aromatic N) is 1. The second-order valence-electron chi connectivity index (χ2n) is 5.87. The quantitative estimate of drug-likeness (QED) is 0.596. The summed E-state index contributed by atoms with van der Waals surface area (Å²) in [5.74, 6) is 0.593. The van der Waals surface area contributed by atoms with E-state index in [0.29, 0.717) is 23.3 Å². The number of benzene rings is 1. The predicted molar refractivity (Wildman–Crippen MR) is 97.2 cm³/mol. The molecule has 0 saturated heterocycles. The van der Waals surface area contributed by atoms with Gasteiger partial charge in [0, 0.05) is 18.6 Å². The largest absolute Gasteiger partial charge is 0.491 e. The number of pyridine rings is 1. The van der Waals surface area contributed by atoms with Gasteiger partial charge in [0.1, 0.15) is 12.4 Å². The summed E-state index contributed by atoms with van der Waals surface area (Å²) in [5.41, 5.74) is 1.11. The van der Waals surface area contributed by atoms with Crippen molar-refractivity contribution in [2.24, 2.45) is 0 Å². The van der Waals surface area contributed by atoms with Gasteiger partial charge in [-0.1, -0.05) is 18.2 Å². The van der Waals surface area contributed by atoms with Crippen LogP contribution in [0.25, 0.3) is 11.1 Å². The number of H-pyrrole nitrogens is 2. The number of aromatic amines is 2. The van der Waals surface area contributed by atoms with E-state index in [1.54, 1.807) is 36.7 Å². The zero-order valence-corrected chi connectivity index (χ0v) is 14.0. The second-order valence-corrected chi connectivity index (χ2v) is 5.87. The maximum atomic E-state index is 11.8. The van der Waals surface area contributed by atoms with Crippen LogP contribution in [0.15, 0.2) is 64.6 Å². The molecule has 3 rings (SSSR count). The molecule has 0 aliphatic carbocycles. The van der Waals surface area contributed by atoms with Crippen molar-refractivity contribution < 1.29 is 9.84 Å². The average Bonchev–Trinajstić information content (AvgIpc) is 2.66. The minimum atomic E-state index is -0.586. The summed E-state index contributed by atoms with van der Waals surface area (Å²) in [5, 5.41) is 10.0. The van der Waals surface area contributed by atoms with Gasteiger partial charge in [-0.3, -0.25) is 14.8 Å². The Labute approximate surface area is 149 Å². The Morgan fingerprint density at radius 3 is 2.65 bits per heavy atom. The summed E-state index contributed by atoms with van der Waals surface area (Å²) < 4.78 is 5.59. The third kappa shape index (κ3) is 4.67. The third-order valence-electron chi connectivity index (χ3n) is 3.92. The molecule has 134 valence electrons. The van der Waals surface area contributed by atoms with Crippen LogP contribution in [0.4, 0.5) is 0 Å². The summed E-state index contributed by atoms with van der Waals surface area (Å²) in [6, 6.07) is 10.7. The molecule has 0 aliphatic heterocycles. The molecule has 0 bridgehead atoms. The van der Waals surface area contributed by atoms with Crippen LogP contribution in [0.1, 0.15) is 12.0 Å². The Morgan fingerprint density at radius 1 is 1.15 bits per heavy atom. The fourth-order valence-electron chi connectivity index (χ4n) is 2.51. The molecule has 0 aliphatic rings. The van der Waals surface area contributed by atoms with Crippen LogP contribution < -0.4 is 16.0 Å². The van der Waals surface area contributed by atoms with E-state index in [-0.39, 0.29) is 6.61 Å². The zero-order valence-electron chi connectivity index (χ0n) is 14.0. The standard InChI is InChI=1S/C19H19N3O4/c23-15(6-3-13-2-1-9-20-10-13)12-26-16-7-4-14(5-8-16)17-11-21-19(25)22-18(17)24/h1-2,4-5,7-11,15,23H,3,6,12H2,(H2,21,22,24,25)/t15-/m1/s1. The normalized spacial score (nSPS) is 11.9. The fourth-order valence-corrected chi connectivity index (χ4v) is 2.51. The van der Waals surface area contributed by atoms with E-state index in [1.807, 2.05) is 12.1 Å². The van der Waals surface area contributed by atoms with Crippen molar-refractivity contribution in [3.05, 3.63) is 81.4 Å². The lowest BCUT2D eigenvalue weighted by Crippen LogP contribution is -2.22. The highest BCUT2D eigenvalue weighted by molar-refractivity contribution is 5.62. The number of aryl methyl sites for hydroxylation is 1. The highest BCUT2D eigenvalue weighted by Crippen LogP contribution is 2.19. The van der Waals surface area contributed by atoms with Gasteiger partial charge >= 0.3 is 5.69 Å². The summed E-state index contributed by atoms with van der Waals surface area (Å²) >= 11 is 0. The molecule has 0 amide bonds. The SMILES string of the molecule is O=c1[nH]cc(-c2ccc(OC[C@H](O)CCc3cccnc3)cc2)c(=O)[nH]1. The van der Waals surface area contributed by atoms with Gasteiger partial charge in [0.05, 0.1) is 11.7 Å². The van der Waals surface area contributed by atoms with Crippen LogP contribution in [-0.4, -0.2) is 32.8 Å². The van der Waals surface area contributed by atoms with Crippen molar-refractivity contribution in [2.75, 3.05) is 6.61 Å². The molecular weight excluding hydrogens is 334 g/mol. The molecule has 3 aromatic rings. The second kappa shape index (κ2) is 8.26. The number of rotatable bonds is 7. The lowest BCUT2D eigenvalue weighted by atomic mass is 10.1. The molecule has 0 unspecified atom stereocenters. The van der Waals surface area contributed by atoms with Crippen LogP contribution in [0.5, 0.6) is 5.75 Å². The molecule has 0 saturated carbocycles. The summed E-state index contributed by atoms with van der Waals surface area (Å²) in [6.07, 6.45) is 5.59. The Morgan fingerprint density at radius 2 is 1.96 bits per heavy atom. The van der Waals surface area contributed by atoms with Crippen LogP contribution in [0.2, 0.25) is 0 Å². The monoisotopic (exact) mass is 353 g/mol. The van der Waals surface area contributed by atoms with E-state index in [9.17, 15) is 14.7 Å². The van der Waals surface area contributed by atoms with Crippen molar-refractivity contribution in [3.8, 4) is 16.9 Å². The van der Waals surface area contributed by atoms with Gasteiger partial charge in [-0.05, 0) is 42.2 Å². The van der Waals surface area contributed by atoms with E-state index in [0.717, 1.165) is 12.0 Å². The predicted octanol–water partition coefficient (Wildman–Crippen LogP) is 1.50. The molecule has 0 spiro atoms. The van der Waals surface area contributed by atoms with Crippen molar-refractivity contribution in [3.63, 3.8) is 0 Å². The molecule has 26 heavy (non-hydrogen) atoms. The van der Waals surface area contributed by atoms with Gasteiger partial charge in [0.15, 0.2) is 0 Å². The number of aliphatic hydroxyl groups excluding tert-OH is 1. The highest BCUT2D eigenvalue weighted by Gasteiger charge is 2.07. The van der Waals surface area contributed by atoms with E-state index in [2.05, 4.69) is 15.0 Å². The molecule has 3 N–H and O–H groups in total. The van der Waals surface area contributed by atoms with E-state index in [4.69, 9.17) is 4.74 Å². The molecule has 1 aromatic carbocycles. The molecule has 7 nitrogen and oxygen atoms in total. The fraction of sp³-hybridized carbons (Fsp3) is 0.211. The van der Waals surface area contributed by atoms with Crippen LogP contribution in [0, 0.1) is 0 Å². The van der Waals surface area contributed by atoms with Gasteiger partial charge in [-0.2, -0.15) is 0 Å². The van der Waals surface area contributed by atoms with Crippen LogP contribution in [0.3, 0.4) is 0 Å². The molecule has 7 heteroatoms. The van der Waals surface area contributed by atoms with E-state index >= 15 is 0 Å². The summed E-state index contributed by atoms with van der Waals surface area (Å²) in [7, 11) is 0. The first-order chi connectivity index (χ1) is 12.6. The summed E-state index contributed by atoms with van der Waals surface area (Å²) in [6.45, 7) is 0.179. The molecular formula is C19H19N3O4. The number of hydrogen-bond acceptors (Lipinski definition) is 5. The lowest BCUT2D eigenvalue weighted by Gasteiger charge is -2.12. The number of aromatic nitrogens is 3. The molecule has 2 heterocycles. The lowest BCUT2D eigenvalue weighted by molar-refractivity contribution is 0.100. The first-order valence-electron chi connectivity index (χ1n) is 8.24. The zero-order chi connectivity index (χ0) is 18.4. The minimum absolute atomic E-state index is 0.179. The van der Waals surface area contributed by atoms with Gasteiger partial charge in [-0.15, -0.1) is 0 Å². The Kier molecular flexibility index (Phi) is 5.60. The number of hydrogen-bond donors (Lipinski definition) is 3. The number of ether oxygens (including phenoxy) is 1. The smallest absolute Gasteiger partial charge is 0.325 e. The molecule has 2 aromatic heterocycles. The van der Waals surface area contributed by atoms with Gasteiger partial charge in [0.2, 0.25) is 0 Å². The molecule has 1 atom stereocenters. The third-order valence-corrected chi connectivity index (χ3v) is 3.92. The van der Waals surface area contributed by atoms with Crippen molar-refractivity contribution >= 4 is 0 Å². The van der Waals surface area contributed by atoms with E-state index < -0.39 is 17.4 Å². The van der Waals surface area contributed by atoms with Crippen molar-refractivity contribution in [1.82, 2.24) is 15.0 Å². The number of aliphatic hydroxyl groups is 1. The average molecular weight is 353 g/mol. The summed E-state index contributed by atoms with van der Waals surface area (Å²) in [4.78, 5) is 31.5. The van der Waals surface area contributed by atoms with Crippen LogP contribution in [-0.2, 0) is 6.42 Å².